The van der Waals surface area contributed by atoms with E-state index in [0.29, 0.717) is 18.1 Å². The molecule has 1 aliphatic carbocycles. The van der Waals surface area contributed by atoms with Gasteiger partial charge in [-0.3, -0.25) is 0 Å². The Hall–Kier alpha value is 0.161. The molecule has 0 aromatic heterocycles. The van der Waals surface area contributed by atoms with Crippen molar-refractivity contribution < 1.29 is 12.9 Å². The van der Waals surface area contributed by atoms with Gasteiger partial charge in [0.25, 0.3) is 0 Å². The maximum atomic E-state index is 3.98. The van der Waals surface area contributed by atoms with Crippen molar-refractivity contribution in [3.63, 3.8) is 0 Å². The number of rotatable bonds is 7. The van der Waals surface area contributed by atoms with E-state index in [2.05, 4.69) is 72.3 Å². The summed E-state index contributed by atoms with van der Waals surface area (Å²) in [6.07, 6.45) is 7.91. The van der Waals surface area contributed by atoms with Gasteiger partial charge in [0.1, 0.15) is 0 Å². The van der Waals surface area contributed by atoms with Gasteiger partial charge < -0.3 is 0 Å². The second-order valence-corrected chi connectivity index (χ2v) is 21.1. The molecule has 0 unspecified atom stereocenters. The molecule has 0 amide bonds. The van der Waals surface area contributed by atoms with Gasteiger partial charge in [-0.1, -0.05) is 0 Å². The summed E-state index contributed by atoms with van der Waals surface area (Å²) < 4.78 is 13.5. The number of nitrogens with one attached hydrogen (secondary N) is 3. The van der Waals surface area contributed by atoms with Gasteiger partial charge in [-0.2, -0.15) is 0 Å². The summed E-state index contributed by atoms with van der Waals surface area (Å²) in [6.45, 7) is 13.5. The summed E-state index contributed by atoms with van der Waals surface area (Å²) in [5.74, 6) is 0. The van der Waals surface area contributed by atoms with Gasteiger partial charge in [-0.05, 0) is 0 Å². The molecule has 3 N–H and O–H groups in total. The van der Waals surface area contributed by atoms with Crippen LogP contribution in [0.15, 0.2) is 22.5 Å². The van der Waals surface area contributed by atoms with E-state index >= 15 is 0 Å². The van der Waals surface area contributed by atoms with Crippen LogP contribution >= 0.6 is 0 Å². The maximum absolute atomic E-state index is 3.98. The van der Waals surface area contributed by atoms with Crippen molar-refractivity contribution in [3.05, 3.63) is 22.5 Å². The van der Waals surface area contributed by atoms with Crippen LogP contribution in [0.1, 0.15) is 48.0 Å². The van der Waals surface area contributed by atoms with Gasteiger partial charge in [0.05, 0.1) is 0 Å². The first kappa shape index (κ1) is 17.2. The Morgan fingerprint density at radius 3 is 1.63 bits per heavy atom. The molecule has 19 heavy (non-hydrogen) atoms. The molecule has 0 spiro atoms. The topological polar surface area (TPSA) is 36.1 Å². The fraction of sp³-hybridized carbons (Fsp3) is 0.714. The van der Waals surface area contributed by atoms with Crippen LogP contribution in [0.5, 0.6) is 0 Å². The van der Waals surface area contributed by atoms with Crippen LogP contribution in [0.4, 0.5) is 0 Å². The Morgan fingerprint density at radius 1 is 0.947 bits per heavy atom. The van der Waals surface area contributed by atoms with E-state index in [1.807, 2.05) is 0 Å². The van der Waals surface area contributed by atoms with Crippen molar-refractivity contribution in [1.29, 1.82) is 0 Å². The predicted octanol–water partition coefficient (Wildman–Crippen LogP) is 1.54. The minimum atomic E-state index is -3.00. The van der Waals surface area contributed by atoms with Gasteiger partial charge in [0.2, 0.25) is 0 Å². The van der Waals surface area contributed by atoms with Crippen LogP contribution < -0.4 is 12.5 Å². The molecule has 1 aliphatic rings. The molecule has 0 fully saturated rings. The van der Waals surface area contributed by atoms with Crippen LogP contribution in [-0.2, 0) is 12.9 Å². The SMILES string of the molecule is CC(C)[NH][V]([SiH3])([NH]C(C)C)([NH]C(C)C)[C]1=CC=CC1. The third-order valence-corrected chi connectivity index (χ3v) is 17.0. The van der Waals surface area contributed by atoms with Crippen LogP contribution in [0, 0.1) is 0 Å². The van der Waals surface area contributed by atoms with Crippen molar-refractivity contribution in [2.24, 2.45) is 0 Å². The van der Waals surface area contributed by atoms with Gasteiger partial charge in [-0.25, -0.2) is 0 Å². The Labute approximate surface area is 122 Å². The molecule has 0 radical (unpaired) electrons. The molecule has 1 rings (SSSR count). The summed E-state index contributed by atoms with van der Waals surface area (Å²) in [4.78, 5) is 0. The van der Waals surface area contributed by atoms with E-state index in [1.54, 1.807) is 4.28 Å². The third kappa shape index (κ3) is 4.31. The molecule has 0 aliphatic heterocycles. The standard InChI is InChI=1S/C5H5.3C3H8N.H3Si.V/c1-2-4-5-3-1;3*1-3(2)4;;/h1-3H,4H2;3*3-4H,1-2H3;1H3;/q;3*-1;;+3. The zero-order valence-electron chi connectivity index (χ0n) is 13.6. The van der Waals surface area contributed by atoms with Crippen LogP contribution in [0.2, 0.25) is 0 Å². The summed E-state index contributed by atoms with van der Waals surface area (Å²) in [5, 5.41) is 0. The monoisotopic (exact) mass is 321 g/mol. The van der Waals surface area contributed by atoms with Gasteiger partial charge in [0.15, 0.2) is 0 Å². The van der Waals surface area contributed by atoms with E-state index in [1.165, 1.54) is 0 Å². The van der Waals surface area contributed by atoms with Crippen molar-refractivity contribution in [2.75, 3.05) is 0 Å². The zero-order valence-corrected chi connectivity index (χ0v) is 17.0. The summed E-state index contributed by atoms with van der Waals surface area (Å²) in [7, 11) is 1.12. The zero-order chi connectivity index (χ0) is 14.7. The molecule has 0 aromatic carbocycles. The average Bonchev–Trinajstić information content (AvgIpc) is 2.64. The first-order chi connectivity index (χ1) is 8.66. The van der Waals surface area contributed by atoms with Crippen LogP contribution in [-0.4, -0.2) is 26.7 Å². The summed E-state index contributed by atoms with van der Waals surface area (Å²) in [5.41, 5.74) is 0. The van der Waals surface area contributed by atoms with Crippen LogP contribution in [0.25, 0.3) is 0 Å². The van der Waals surface area contributed by atoms with Crippen molar-refractivity contribution in [1.82, 2.24) is 12.5 Å². The van der Waals surface area contributed by atoms with E-state index in [-0.39, 0.29) is 0 Å². The fourth-order valence-corrected chi connectivity index (χ4v) is 19.7. The van der Waals surface area contributed by atoms with Crippen LogP contribution in [0.3, 0.4) is 0 Å². The van der Waals surface area contributed by atoms with E-state index in [0.717, 1.165) is 15.0 Å². The predicted molar refractivity (Wildman–Crippen MR) is 86.6 cm³/mol. The third-order valence-electron chi connectivity index (χ3n) is 3.21. The van der Waals surface area contributed by atoms with Gasteiger partial charge in [-0.15, -0.1) is 0 Å². The number of allylic oxidation sites excluding steroid dienone is 4. The van der Waals surface area contributed by atoms with E-state index < -0.39 is 12.9 Å². The summed E-state index contributed by atoms with van der Waals surface area (Å²) >= 11 is -3.00. The first-order valence-electron chi connectivity index (χ1n) is 7.39. The number of hydrogen-bond acceptors (Lipinski definition) is 3. The molecule has 0 atom stereocenters. The molecule has 3 nitrogen and oxygen atoms in total. The normalized spacial score (nSPS) is 18.4. The van der Waals surface area contributed by atoms with Crippen molar-refractivity contribution in [2.45, 2.75) is 66.1 Å². The van der Waals surface area contributed by atoms with E-state index in [9.17, 15) is 0 Å². The second kappa shape index (κ2) is 6.29. The Bertz CT molecular complexity index is 346. The molecule has 0 aromatic rings. The molecule has 0 bridgehead atoms. The molecule has 112 valence electrons. The Kier molecular flexibility index (Phi) is 5.70. The first-order valence-corrected chi connectivity index (χ1v) is 15.3. The molecular formula is C14H32N3SiV. The minimum absolute atomic E-state index is 0.488. The summed E-state index contributed by atoms with van der Waals surface area (Å²) in [6, 6.07) is 1.47. The molecule has 5 heteroatoms. The Morgan fingerprint density at radius 2 is 1.37 bits per heavy atom. The number of hydrogen-bond donors (Lipinski definition) is 3. The van der Waals surface area contributed by atoms with Gasteiger partial charge in [0, 0.05) is 0 Å². The molecule has 0 heterocycles. The molecular weight excluding hydrogens is 289 g/mol. The quantitative estimate of drug-likeness (QED) is 0.623. The van der Waals surface area contributed by atoms with Crippen molar-refractivity contribution in [3.8, 4) is 0 Å². The van der Waals surface area contributed by atoms with Crippen molar-refractivity contribution >= 4 is 8.62 Å². The molecule has 0 saturated carbocycles. The van der Waals surface area contributed by atoms with Gasteiger partial charge >= 0.3 is 123 Å². The average molecular weight is 321 g/mol. The molecule has 0 saturated heterocycles. The Balaban J connectivity index is 3.22. The second-order valence-electron chi connectivity index (χ2n) is 6.71. The fourth-order valence-electron chi connectivity index (χ4n) is 3.15. The van der Waals surface area contributed by atoms with E-state index in [4.69, 9.17) is 0 Å².